The highest BCUT2D eigenvalue weighted by molar-refractivity contribution is 5.95. The number of hydrogen-bond donors (Lipinski definition) is 3. The summed E-state index contributed by atoms with van der Waals surface area (Å²) in [5.41, 5.74) is 7.12. The summed E-state index contributed by atoms with van der Waals surface area (Å²) in [6.45, 7) is 4.39. The van der Waals surface area contributed by atoms with Crippen LogP contribution in [-0.4, -0.2) is 30.2 Å². The first-order chi connectivity index (χ1) is 8.60. The van der Waals surface area contributed by atoms with E-state index in [-0.39, 0.29) is 24.5 Å². The molecule has 0 saturated carbocycles. The first-order valence-electron chi connectivity index (χ1n) is 6.29. The molecule has 0 aliphatic rings. The van der Waals surface area contributed by atoms with E-state index in [4.69, 9.17) is 5.73 Å². The fourth-order valence-corrected chi connectivity index (χ4v) is 1.78. The van der Waals surface area contributed by atoms with E-state index in [1.807, 2.05) is 32.0 Å². The molecule has 1 aromatic carbocycles. The number of amides is 1. The van der Waals surface area contributed by atoms with E-state index in [0.717, 1.165) is 5.56 Å². The number of hydrogen-bond acceptors (Lipinski definition) is 3. The van der Waals surface area contributed by atoms with Crippen LogP contribution in [0.5, 0.6) is 0 Å². The third-order valence-electron chi connectivity index (χ3n) is 2.99. The van der Waals surface area contributed by atoms with Crippen molar-refractivity contribution in [2.45, 2.75) is 26.3 Å². The van der Waals surface area contributed by atoms with Gasteiger partial charge in [-0.05, 0) is 30.5 Å². The smallest absolute Gasteiger partial charge is 0.251 e. The van der Waals surface area contributed by atoms with Crippen LogP contribution in [0.15, 0.2) is 24.3 Å². The van der Waals surface area contributed by atoms with Gasteiger partial charge in [-0.3, -0.25) is 4.79 Å². The Morgan fingerprint density at radius 2 is 2.06 bits per heavy atom. The largest absolute Gasteiger partial charge is 0.394 e. The molecule has 0 heterocycles. The van der Waals surface area contributed by atoms with E-state index in [0.29, 0.717) is 18.5 Å². The summed E-state index contributed by atoms with van der Waals surface area (Å²) in [5.74, 6) is 0.0485. The predicted molar refractivity (Wildman–Crippen MR) is 72.4 cm³/mol. The first kappa shape index (κ1) is 14.7. The van der Waals surface area contributed by atoms with Gasteiger partial charge in [0, 0.05) is 5.56 Å². The second kappa shape index (κ2) is 7.13. The molecular formula is C14H22N2O2. The Kier molecular flexibility index (Phi) is 5.82. The van der Waals surface area contributed by atoms with Gasteiger partial charge in [-0.25, -0.2) is 0 Å². The van der Waals surface area contributed by atoms with Gasteiger partial charge in [0.1, 0.15) is 0 Å². The van der Waals surface area contributed by atoms with E-state index in [2.05, 4.69) is 5.32 Å². The van der Waals surface area contributed by atoms with Crippen molar-refractivity contribution in [2.75, 3.05) is 13.2 Å². The van der Waals surface area contributed by atoms with Crippen molar-refractivity contribution in [3.8, 4) is 0 Å². The van der Waals surface area contributed by atoms with Gasteiger partial charge in [-0.2, -0.15) is 0 Å². The molecule has 0 saturated heterocycles. The lowest BCUT2D eigenvalue weighted by Gasteiger charge is -2.20. The lowest BCUT2D eigenvalue weighted by atomic mass is 10.0. The van der Waals surface area contributed by atoms with E-state index in [1.54, 1.807) is 6.07 Å². The number of benzene rings is 1. The Bertz CT molecular complexity index is 391. The first-order valence-corrected chi connectivity index (χ1v) is 6.29. The molecule has 1 amide bonds. The average molecular weight is 250 g/mol. The fraction of sp³-hybridized carbons (Fsp3) is 0.500. The van der Waals surface area contributed by atoms with Crippen LogP contribution in [-0.2, 0) is 6.42 Å². The van der Waals surface area contributed by atoms with Crippen LogP contribution in [0, 0.1) is 5.92 Å². The zero-order valence-electron chi connectivity index (χ0n) is 11.0. The Hall–Kier alpha value is -1.39. The molecule has 0 aliphatic carbocycles. The molecule has 4 nitrogen and oxygen atoms in total. The average Bonchev–Trinajstić information content (AvgIpc) is 2.36. The molecule has 0 bridgehead atoms. The summed E-state index contributed by atoms with van der Waals surface area (Å²) in [5, 5.41) is 12.1. The lowest BCUT2D eigenvalue weighted by Crippen LogP contribution is -2.41. The molecule has 18 heavy (non-hydrogen) atoms. The minimum atomic E-state index is -0.219. The van der Waals surface area contributed by atoms with E-state index in [9.17, 15) is 9.90 Å². The number of rotatable bonds is 6. The van der Waals surface area contributed by atoms with Crippen LogP contribution in [0.3, 0.4) is 0 Å². The van der Waals surface area contributed by atoms with Gasteiger partial charge in [0.15, 0.2) is 0 Å². The summed E-state index contributed by atoms with van der Waals surface area (Å²) < 4.78 is 0. The summed E-state index contributed by atoms with van der Waals surface area (Å²) in [7, 11) is 0. The third kappa shape index (κ3) is 3.82. The number of nitrogens with two attached hydrogens (primary N) is 1. The minimum Gasteiger partial charge on any atom is -0.394 e. The predicted octanol–water partition coefficient (Wildman–Crippen LogP) is 0.935. The Balaban J connectivity index is 2.83. The molecule has 1 atom stereocenters. The molecule has 100 valence electrons. The highest BCUT2D eigenvalue weighted by Gasteiger charge is 2.17. The van der Waals surface area contributed by atoms with Crippen molar-refractivity contribution in [1.82, 2.24) is 5.32 Å². The van der Waals surface area contributed by atoms with Crippen molar-refractivity contribution in [3.05, 3.63) is 35.4 Å². The maximum Gasteiger partial charge on any atom is 0.251 e. The van der Waals surface area contributed by atoms with Crippen LogP contribution < -0.4 is 11.1 Å². The molecule has 0 aromatic heterocycles. The van der Waals surface area contributed by atoms with Crippen LogP contribution in [0.25, 0.3) is 0 Å². The standard InChI is InChI=1S/C14H22N2O2/c1-10(2)13(9-17)16-14(18)12-6-4-3-5-11(12)7-8-15/h3-6,10,13,17H,7-9,15H2,1-2H3,(H,16,18)/t13-/m1/s1. The number of nitrogens with one attached hydrogen (secondary N) is 1. The second-order valence-corrected chi connectivity index (χ2v) is 4.70. The molecule has 1 rings (SSSR count). The molecule has 0 radical (unpaired) electrons. The summed E-state index contributed by atoms with van der Waals surface area (Å²) in [6.07, 6.45) is 0.676. The molecule has 0 fully saturated rings. The van der Waals surface area contributed by atoms with Crippen molar-refractivity contribution in [1.29, 1.82) is 0 Å². The third-order valence-corrected chi connectivity index (χ3v) is 2.99. The Morgan fingerprint density at radius 1 is 1.39 bits per heavy atom. The van der Waals surface area contributed by atoms with Gasteiger partial charge in [0.2, 0.25) is 0 Å². The fourth-order valence-electron chi connectivity index (χ4n) is 1.78. The van der Waals surface area contributed by atoms with Gasteiger partial charge in [-0.15, -0.1) is 0 Å². The van der Waals surface area contributed by atoms with E-state index < -0.39 is 0 Å². The van der Waals surface area contributed by atoms with E-state index in [1.165, 1.54) is 0 Å². The molecular weight excluding hydrogens is 228 g/mol. The highest BCUT2D eigenvalue weighted by atomic mass is 16.3. The second-order valence-electron chi connectivity index (χ2n) is 4.70. The SMILES string of the molecule is CC(C)[C@@H](CO)NC(=O)c1ccccc1CCN. The molecule has 4 heteroatoms. The zero-order valence-corrected chi connectivity index (χ0v) is 11.0. The summed E-state index contributed by atoms with van der Waals surface area (Å²) in [4.78, 5) is 12.2. The van der Waals surface area contributed by atoms with Crippen molar-refractivity contribution >= 4 is 5.91 Å². The number of aliphatic hydroxyl groups is 1. The van der Waals surface area contributed by atoms with Crippen LogP contribution in [0.2, 0.25) is 0 Å². The quantitative estimate of drug-likeness (QED) is 0.703. The monoisotopic (exact) mass is 250 g/mol. The number of carbonyl (C=O) groups excluding carboxylic acids is 1. The van der Waals surface area contributed by atoms with Gasteiger partial charge in [0.05, 0.1) is 12.6 Å². The van der Waals surface area contributed by atoms with Crippen molar-refractivity contribution in [2.24, 2.45) is 11.7 Å². The van der Waals surface area contributed by atoms with Crippen LogP contribution in [0.4, 0.5) is 0 Å². The summed E-state index contributed by atoms with van der Waals surface area (Å²) in [6, 6.07) is 7.20. The highest BCUT2D eigenvalue weighted by Crippen LogP contribution is 2.10. The summed E-state index contributed by atoms with van der Waals surface area (Å²) >= 11 is 0. The molecule has 1 aromatic rings. The number of carbonyl (C=O) groups is 1. The minimum absolute atomic E-state index is 0.0531. The van der Waals surface area contributed by atoms with Gasteiger partial charge >= 0.3 is 0 Å². The number of aliphatic hydroxyl groups excluding tert-OH is 1. The Labute approximate surface area is 108 Å². The van der Waals surface area contributed by atoms with Crippen molar-refractivity contribution < 1.29 is 9.90 Å². The molecule has 0 aliphatic heterocycles. The van der Waals surface area contributed by atoms with E-state index >= 15 is 0 Å². The maximum absolute atomic E-state index is 12.2. The lowest BCUT2D eigenvalue weighted by molar-refractivity contribution is 0.0896. The van der Waals surface area contributed by atoms with Gasteiger partial charge in [-0.1, -0.05) is 32.0 Å². The van der Waals surface area contributed by atoms with Gasteiger partial charge in [0.25, 0.3) is 5.91 Å². The molecule has 0 spiro atoms. The normalized spacial score (nSPS) is 12.5. The Morgan fingerprint density at radius 3 is 2.61 bits per heavy atom. The molecule has 0 unspecified atom stereocenters. The van der Waals surface area contributed by atoms with Gasteiger partial charge < -0.3 is 16.2 Å². The van der Waals surface area contributed by atoms with Crippen molar-refractivity contribution in [3.63, 3.8) is 0 Å². The zero-order chi connectivity index (χ0) is 13.5. The molecule has 4 N–H and O–H groups in total. The topological polar surface area (TPSA) is 75.3 Å². The van der Waals surface area contributed by atoms with Crippen LogP contribution >= 0.6 is 0 Å². The maximum atomic E-state index is 12.2. The van der Waals surface area contributed by atoms with Crippen LogP contribution in [0.1, 0.15) is 29.8 Å².